The number of hydrogen-bond acceptors (Lipinski definition) is 7. The second-order valence-electron chi connectivity index (χ2n) is 9.06. The molecule has 9 nitrogen and oxygen atoms in total. The molecule has 0 atom stereocenters. The molecule has 0 unspecified atom stereocenters. The molecule has 0 bridgehead atoms. The normalized spacial score (nSPS) is 10.9. The number of aromatic nitrogens is 2. The van der Waals surface area contributed by atoms with Gasteiger partial charge in [0, 0.05) is 34.3 Å². The summed E-state index contributed by atoms with van der Waals surface area (Å²) in [4.78, 5) is 31.7. The largest absolute Gasteiger partial charge is 0.399 e. The molecule has 196 valence electrons. The molecule has 0 radical (unpaired) electrons. The Balaban J connectivity index is 1.89. The van der Waals surface area contributed by atoms with E-state index in [-0.39, 0.29) is 42.3 Å². The SMILES string of the molecule is CCCCSc1cc(N)cc(-c2cnc(NC(C)C)c(=O)n2CC(=O)NCc2ccc(C(=N)N)cc2)c1. The number of anilines is 2. The number of benzene rings is 2. The standard InChI is InChI=1S/C27H35N7O2S/c1-4-5-10-37-22-12-20(11-21(28)13-22)23-15-32-26(33-17(2)3)27(36)34(23)16-24(35)31-14-18-6-8-19(9-7-18)25(29)30/h6-9,11-13,15,17H,4-5,10,14,16,28H2,1-3H3,(H3,29,30)(H,31,35)(H,32,33). The summed E-state index contributed by atoms with van der Waals surface area (Å²) in [5.41, 5.74) is 14.6. The number of nitrogens with two attached hydrogens (primary N) is 2. The zero-order valence-corrected chi connectivity index (χ0v) is 22.3. The van der Waals surface area contributed by atoms with E-state index in [4.69, 9.17) is 16.9 Å². The molecule has 3 aromatic rings. The summed E-state index contributed by atoms with van der Waals surface area (Å²) in [5, 5.41) is 13.4. The second kappa shape index (κ2) is 13.0. The van der Waals surface area contributed by atoms with E-state index < -0.39 is 0 Å². The molecule has 10 heteroatoms. The van der Waals surface area contributed by atoms with E-state index >= 15 is 0 Å². The molecular formula is C27H35N7O2S. The van der Waals surface area contributed by atoms with E-state index in [1.807, 2.05) is 26.0 Å². The van der Waals surface area contributed by atoms with Crippen molar-refractivity contribution in [1.82, 2.24) is 14.9 Å². The van der Waals surface area contributed by atoms with Crippen LogP contribution in [0.3, 0.4) is 0 Å². The van der Waals surface area contributed by atoms with Crippen LogP contribution in [0, 0.1) is 5.41 Å². The fraction of sp³-hybridized carbons (Fsp3) is 0.333. The molecule has 1 amide bonds. The van der Waals surface area contributed by atoms with Gasteiger partial charge in [-0.1, -0.05) is 37.6 Å². The Labute approximate surface area is 221 Å². The molecule has 0 spiro atoms. The lowest BCUT2D eigenvalue weighted by Crippen LogP contribution is -2.35. The summed E-state index contributed by atoms with van der Waals surface area (Å²) >= 11 is 1.71. The van der Waals surface area contributed by atoms with Gasteiger partial charge in [-0.05, 0) is 49.8 Å². The highest BCUT2D eigenvalue weighted by atomic mass is 32.2. The number of nitrogens with zero attached hydrogens (tertiary/aromatic N) is 2. The number of nitrogens with one attached hydrogen (secondary N) is 3. The Bertz CT molecular complexity index is 1300. The molecule has 0 aliphatic heterocycles. The summed E-state index contributed by atoms with van der Waals surface area (Å²) in [6.07, 6.45) is 3.80. The summed E-state index contributed by atoms with van der Waals surface area (Å²) in [7, 11) is 0. The van der Waals surface area contributed by atoms with Crippen molar-refractivity contribution in [2.75, 3.05) is 16.8 Å². The van der Waals surface area contributed by atoms with E-state index in [1.54, 1.807) is 48.3 Å². The minimum atomic E-state index is -0.380. The quantitative estimate of drug-likeness (QED) is 0.0799. The second-order valence-corrected chi connectivity index (χ2v) is 10.2. The predicted molar refractivity (Wildman–Crippen MR) is 152 cm³/mol. The summed E-state index contributed by atoms with van der Waals surface area (Å²) in [6, 6.07) is 12.8. The van der Waals surface area contributed by atoms with Crippen LogP contribution in [0.4, 0.5) is 11.5 Å². The van der Waals surface area contributed by atoms with Crippen LogP contribution >= 0.6 is 11.8 Å². The topological polar surface area (TPSA) is 152 Å². The molecule has 0 saturated heterocycles. The van der Waals surface area contributed by atoms with Gasteiger partial charge in [-0.15, -0.1) is 11.8 Å². The minimum Gasteiger partial charge on any atom is -0.399 e. The maximum absolute atomic E-state index is 13.4. The van der Waals surface area contributed by atoms with Crippen molar-refractivity contribution in [2.24, 2.45) is 5.73 Å². The number of carbonyl (C=O) groups is 1. The number of thioether (sulfide) groups is 1. The van der Waals surface area contributed by atoms with Gasteiger partial charge in [0.25, 0.3) is 5.56 Å². The zero-order valence-electron chi connectivity index (χ0n) is 21.5. The molecule has 0 saturated carbocycles. The highest BCUT2D eigenvalue weighted by Gasteiger charge is 2.16. The molecular weight excluding hydrogens is 486 g/mol. The molecule has 1 aromatic heterocycles. The van der Waals surface area contributed by atoms with Crippen molar-refractivity contribution >= 4 is 35.0 Å². The number of amidine groups is 1. The number of carbonyl (C=O) groups excluding carboxylic acids is 1. The summed E-state index contributed by atoms with van der Waals surface area (Å²) in [6.45, 7) is 6.08. The first-order valence-corrected chi connectivity index (χ1v) is 13.3. The van der Waals surface area contributed by atoms with Crippen molar-refractivity contribution in [3.05, 3.63) is 70.1 Å². The lowest BCUT2D eigenvalue weighted by Gasteiger charge is -2.17. The van der Waals surface area contributed by atoms with Gasteiger partial charge in [0.15, 0.2) is 5.82 Å². The van der Waals surface area contributed by atoms with Gasteiger partial charge in [0.05, 0.1) is 11.9 Å². The summed E-state index contributed by atoms with van der Waals surface area (Å²) in [5.74, 6) is 0.826. The van der Waals surface area contributed by atoms with Crippen molar-refractivity contribution in [3.8, 4) is 11.3 Å². The first kappa shape index (κ1) is 27.8. The van der Waals surface area contributed by atoms with Crippen LogP contribution in [0.15, 0.2) is 58.4 Å². The van der Waals surface area contributed by atoms with Gasteiger partial charge in [0.1, 0.15) is 12.4 Å². The molecule has 1 heterocycles. The van der Waals surface area contributed by atoms with Crippen LogP contribution in [-0.2, 0) is 17.9 Å². The minimum absolute atomic E-state index is 0.000221. The van der Waals surface area contributed by atoms with Crippen LogP contribution < -0.4 is 27.7 Å². The van der Waals surface area contributed by atoms with Crippen molar-refractivity contribution in [3.63, 3.8) is 0 Å². The number of unbranched alkanes of at least 4 members (excludes halogenated alkanes) is 1. The number of hydrogen-bond donors (Lipinski definition) is 5. The van der Waals surface area contributed by atoms with Crippen LogP contribution in [0.1, 0.15) is 44.7 Å². The molecule has 0 aliphatic carbocycles. The average Bonchev–Trinajstić information content (AvgIpc) is 2.85. The third-order valence-corrected chi connectivity index (χ3v) is 6.59. The maximum atomic E-state index is 13.4. The van der Waals surface area contributed by atoms with Crippen LogP contribution in [0.25, 0.3) is 11.3 Å². The van der Waals surface area contributed by atoms with E-state index in [0.717, 1.165) is 34.6 Å². The molecule has 0 fully saturated rings. The molecule has 37 heavy (non-hydrogen) atoms. The van der Waals surface area contributed by atoms with E-state index in [0.29, 0.717) is 16.9 Å². The first-order chi connectivity index (χ1) is 17.7. The Morgan fingerprint density at radius 2 is 1.92 bits per heavy atom. The fourth-order valence-electron chi connectivity index (χ4n) is 3.64. The Hall–Kier alpha value is -3.79. The van der Waals surface area contributed by atoms with Gasteiger partial charge in [-0.2, -0.15) is 0 Å². The van der Waals surface area contributed by atoms with Crippen molar-refractivity contribution in [2.45, 2.75) is 57.6 Å². The Kier molecular flexibility index (Phi) is 9.73. The van der Waals surface area contributed by atoms with Gasteiger partial charge in [-0.3, -0.25) is 19.6 Å². The summed E-state index contributed by atoms with van der Waals surface area (Å²) < 4.78 is 1.43. The molecule has 0 aliphatic rings. The zero-order chi connectivity index (χ0) is 26.9. The van der Waals surface area contributed by atoms with E-state index in [2.05, 4.69) is 22.5 Å². The van der Waals surface area contributed by atoms with E-state index in [9.17, 15) is 9.59 Å². The van der Waals surface area contributed by atoms with Gasteiger partial charge >= 0.3 is 0 Å². The van der Waals surface area contributed by atoms with Crippen LogP contribution in [0.2, 0.25) is 0 Å². The molecule has 2 aromatic carbocycles. The third-order valence-electron chi connectivity index (χ3n) is 5.53. The highest BCUT2D eigenvalue weighted by Crippen LogP contribution is 2.29. The fourth-order valence-corrected chi connectivity index (χ4v) is 4.74. The first-order valence-electron chi connectivity index (χ1n) is 12.3. The number of nitrogen functional groups attached to an aromatic ring is 2. The molecule has 3 rings (SSSR count). The van der Waals surface area contributed by atoms with Crippen molar-refractivity contribution < 1.29 is 4.79 Å². The van der Waals surface area contributed by atoms with Crippen molar-refractivity contribution in [1.29, 1.82) is 5.41 Å². The number of rotatable bonds is 12. The van der Waals surface area contributed by atoms with Crippen LogP contribution in [0.5, 0.6) is 0 Å². The third kappa shape index (κ3) is 7.85. The van der Waals surface area contributed by atoms with Crippen LogP contribution in [-0.4, -0.2) is 33.1 Å². The maximum Gasteiger partial charge on any atom is 0.294 e. The Morgan fingerprint density at radius 1 is 1.19 bits per heavy atom. The molecule has 7 N–H and O–H groups in total. The van der Waals surface area contributed by atoms with E-state index in [1.165, 1.54) is 4.57 Å². The average molecular weight is 522 g/mol. The predicted octanol–water partition coefficient (Wildman–Crippen LogP) is 3.81. The highest BCUT2D eigenvalue weighted by molar-refractivity contribution is 7.99. The smallest absolute Gasteiger partial charge is 0.294 e. The monoisotopic (exact) mass is 521 g/mol. The van der Waals surface area contributed by atoms with Gasteiger partial charge in [-0.25, -0.2) is 4.98 Å². The number of amides is 1. The van der Waals surface area contributed by atoms with Gasteiger partial charge < -0.3 is 22.1 Å². The van der Waals surface area contributed by atoms with Gasteiger partial charge in [0.2, 0.25) is 5.91 Å². The Morgan fingerprint density at radius 3 is 2.57 bits per heavy atom. The lowest BCUT2D eigenvalue weighted by molar-refractivity contribution is -0.121. The lowest BCUT2D eigenvalue weighted by atomic mass is 10.1.